The predicted molar refractivity (Wildman–Crippen MR) is 84.3 cm³/mol. The number of thiophene rings is 1. The minimum absolute atomic E-state index is 0.0230. The molecule has 1 amide bonds. The van der Waals surface area contributed by atoms with Gasteiger partial charge in [0.2, 0.25) is 5.91 Å². The summed E-state index contributed by atoms with van der Waals surface area (Å²) in [5.74, 6) is 0.182. The van der Waals surface area contributed by atoms with Crippen molar-refractivity contribution < 1.29 is 9.53 Å². The van der Waals surface area contributed by atoms with Crippen molar-refractivity contribution in [2.45, 2.75) is 25.5 Å². The fourth-order valence-electron chi connectivity index (χ4n) is 2.69. The second-order valence-corrected chi connectivity index (χ2v) is 6.40. The van der Waals surface area contributed by atoms with Gasteiger partial charge in [-0.3, -0.25) is 4.79 Å². The summed E-state index contributed by atoms with van der Waals surface area (Å²) in [6.45, 7) is 3.25. The molecule has 0 bridgehead atoms. The van der Waals surface area contributed by atoms with Gasteiger partial charge >= 0.3 is 0 Å². The minimum Gasteiger partial charge on any atom is -0.374 e. The molecule has 0 N–H and O–H groups in total. The van der Waals surface area contributed by atoms with Crippen LogP contribution in [0, 0.1) is 0 Å². The zero-order valence-electron chi connectivity index (χ0n) is 12.1. The highest BCUT2D eigenvalue weighted by molar-refractivity contribution is 7.10. The molecule has 3 rings (SSSR count). The molecule has 2 aromatic rings. The summed E-state index contributed by atoms with van der Waals surface area (Å²) < 4.78 is 5.77. The van der Waals surface area contributed by atoms with Gasteiger partial charge in [0.25, 0.3) is 0 Å². The molecule has 110 valence electrons. The SMILES string of the molecule is C[C@H]1CN(C(=O)Cc2cccs2)[C@H](c2ccccc2)CO1. The second kappa shape index (κ2) is 6.41. The summed E-state index contributed by atoms with van der Waals surface area (Å²) in [7, 11) is 0. The summed E-state index contributed by atoms with van der Waals surface area (Å²) in [5.41, 5.74) is 1.14. The third-order valence-electron chi connectivity index (χ3n) is 3.78. The fraction of sp³-hybridized carbons (Fsp3) is 0.353. The van der Waals surface area contributed by atoms with Gasteiger partial charge in [0.15, 0.2) is 0 Å². The quantitative estimate of drug-likeness (QED) is 0.870. The molecule has 21 heavy (non-hydrogen) atoms. The third kappa shape index (κ3) is 3.34. The van der Waals surface area contributed by atoms with E-state index in [9.17, 15) is 4.79 Å². The first kappa shape index (κ1) is 14.3. The van der Waals surface area contributed by atoms with Gasteiger partial charge in [-0.05, 0) is 23.9 Å². The molecule has 2 heterocycles. The monoisotopic (exact) mass is 301 g/mol. The molecule has 0 saturated carbocycles. The lowest BCUT2D eigenvalue weighted by atomic mass is 10.0. The maximum Gasteiger partial charge on any atom is 0.228 e. The Morgan fingerprint density at radius 2 is 2.10 bits per heavy atom. The zero-order valence-corrected chi connectivity index (χ0v) is 12.9. The van der Waals surface area contributed by atoms with Crippen LogP contribution in [0.5, 0.6) is 0 Å². The molecular weight excluding hydrogens is 282 g/mol. The maximum atomic E-state index is 12.7. The summed E-state index contributed by atoms with van der Waals surface area (Å²) in [4.78, 5) is 15.8. The van der Waals surface area contributed by atoms with Crippen LogP contribution in [-0.4, -0.2) is 30.1 Å². The van der Waals surface area contributed by atoms with Crippen LogP contribution in [0.4, 0.5) is 0 Å². The van der Waals surface area contributed by atoms with E-state index in [-0.39, 0.29) is 18.1 Å². The van der Waals surface area contributed by atoms with Gasteiger partial charge in [0.05, 0.1) is 25.2 Å². The van der Waals surface area contributed by atoms with Crippen molar-refractivity contribution in [3.8, 4) is 0 Å². The highest BCUT2D eigenvalue weighted by atomic mass is 32.1. The van der Waals surface area contributed by atoms with Gasteiger partial charge < -0.3 is 9.64 Å². The molecule has 1 aromatic heterocycles. The normalized spacial score (nSPS) is 22.2. The Balaban J connectivity index is 1.79. The predicted octanol–water partition coefficient (Wildman–Crippen LogP) is 3.28. The first-order valence-corrected chi connectivity index (χ1v) is 8.10. The number of hydrogen-bond donors (Lipinski definition) is 0. The second-order valence-electron chi connectivity index (χ2n) is 5.37. The highest BCUT2D eigenvalue weighted by Crippen LogP contribution is 2.27. The van der Waals surface area contributed by atoms with Crippen LogP contribution in [0.2, 0.25) is 0 Å². The zero-order chi connectivity index (χ0) is 14.7. The van der Waals surface area contributed by atoms with E-state index in [2.05, 4.69) is 12.1 Å². The molecule has 1 aromatic carbocycles. The molecule has 4 heteroatoms. The van der Waals surface area contributed by atoms with Gasteiger partial charge in [0, 0.05) is 11.4 Å². The van der Waals surface area contributed by atoms with E-state index < -0.39 is 0 Å². The molecule has 1 aliphatic heterocycles. The molecule has 0 radical (unpaired) electrons. The lowest BCUT2D eigenvalue weighted by Gasteiger charge is -2.39. The molecule has 3 nitrogen and oxygen atoms in total. The summed E-state index contributed by atoms with van der Waals surface area (Å²) >= 11 is 1.63. The van der Waals surface area contributed by atoms with E-state index in [1.807, 2.05) is 47.5 Å². The summed E-state index contributed by atoms with van der Waals surface area (Å²) in [5, 5.41) is 2.01. The van der Waals surface area contributed by atoms with Crippen LogP contribution in [0.15, 0.2) is 47.8 Å². The first-order chi connectivity index (χ1) is 10.2. The van der Waals surface area contributed by atoms with E-state index in [1.165, 1.54) is 0 Å². The van der Waals surface area contributed by atoms with Crippen molar-refractivity contribution in [3.05, 3.63) is 58.3 Å². The average Bonchev–Trinajstić information content (AvgIpc) is 3.01. The number of hydrogen-bond acceptors (Lipinski definition) is 3. The maximum absolute atomic E-state index is 12.7. The topological polar surface area (TPSA) is 29.5 Å². The van der Waals surface area contributed by atoms with E-state index in [0.29, 0.717) is 19.6 Å². The van der Waals surface area contributed by atoms with Crippen molar-refractivity contribution in [1.82, 2.24) is 4.90 Å². The molecule has 0 aliphatic carbocycles. The lowest BCUT2D eigenvalue weighted by Crippen LogP contribution is -2.47. The largest absolute Gasteiger partial charge is 0.374 e. The van der Waals surface area contributed by atoms with Gasteiger partial charge in [0.1, 0.15) is 0 Å². The van der Waals surface area contributed by atoms with Crippen molar-refractivity contribution in [3.63, 3.8) is 0 Å². The number of carbonyl (C=O) groups excluding carboxylic acids is 1. The number of amides is 1. The van der Waals surface area contributed by atoms with Gasteiger partial charge in [-0.25, -0.2) is 0 Å². The number of benzene rings is 1. The molecule has 1 aliphatic rings. The Labute approximate surface area is 129 Å². The Hall–Kier alpha value is -1.65. The van der Waals surface area contributed by atoms with Gasteiger partial charge in [-0.2, -0.15) is 0 Å². The Bertz CT molecular complexity index is 582. The van der Waals surface area contributed by atoms with Crippen LogP contribution < -0.4 is 0 Å². The van der Waals surface area contributed by atoms with E-state index in [1.54, 1.807) is 11.3 Å². The third-order valence-corrected chi connectivity index (χ3v) is 4.66. The van der Waals surface area contributed by atoms with Crippen LogP contribution in [-0.2, 0) is 16.0 Å². The highest BCUT2D eigenvalue weighted by Gasteiger charge is 2.31. The Morgan fingerprint density at radius 1 is 1.29 bits per heavy atom. The first-order valence-electron chi connectivity index (χ1n) is 7.22. The van der Waals surface area contributed by atoms with Gasteiger partial charge in [-0.1, -0.05) is 36.4 Å². The number of ether oxygens (including phenoxy) is 1. The van der Waals surface area contributed by atoms with Crippen LogP contribution in [0.3, 0.4) is 0 Å². The van der Waals surface area contributed by atoms with Crippen LogP contribution in [0.25, 0.3) is 0 Å². The minimum atomic E-state index is 0.0230. The molecule has 0 unspecified atom stereocenters. The van der Waals surface area contributed by atoms with Crippen LogP contribution >= 0.6 is 11.3 Å². The average molecular weight is 301 g/mol. The van der Waals surface area contributed by atoms with Crippen molar-refractivity contribution >= 4 is 17.2 Å². The Kier molecular flexibility index (Phi) is 4.36. The van der Waals surface area contributed by atoms with Crippen molar-refractivity contribution in [2.75, 3.05) is 13.2 Å². The van der Waals surface area contributed by atoms with Gasteiger partial charge in [-0.15, -0.1) is 11.3 Å². The fourth-order valence-corrected chi connectivity index (χ4v) is 3.39. The number of nitrogens with zero attached hydrogens (tertiary/aromatic N) is 1. The van der Waals surface area contributed by atoms with Crippen molar-refractivity contribution in [2.24, 2.45) is 0 Å². The van der Waals surface area contributed by atoms with Crippen molar-refractivity contribution in [1.29, 1.82) is 0 Å². The molecular formula is C17H19NO2S. The number of rotatable bonds is 3. The smallest absolute Gasteiger partial charge is 0.228 e. The standard InChI is InChI=1S/C17H19NO2S/c1-13-11-18(17(19)10-15-8-5-9-21-15)16(12-20-13)14-6-3-2-4-7-14/h2-9,13,16H,10-12H2,1H3/t13-,16-/m0/s1. The summed E-state index contributed by atoms with van der Waals surface area (Å²) in [6.07, 6.45) is 0.575. The van der Waals surface area contributed by atoms with Crippen LogP contribution in [0.1, 0.15) is 23.4 Å². The summed E-state index contributed by atoms with van der Waals surface area (Å²) in [6, 6.07) is 14.2. The molecule has 1 saturated heterocycles. The lowest BCUT2D eigenvalue weighted by molar-refractivity contribution is -0.143. The molecule has 0 spiro atoms. The van der Waals surface area contributed by atoms with E-state index in [0.717, 1.165) is 10.4 Å². The molecule has 2 atom stereocenters. The number of morpholine rings is 1. The van der Waals surface area contributed by atoms with E-state index in [4.69, 9.17) is 4.74 Å². The number of carbonyl (C=O) groups is 1. The Morgan fingerprint density at radius 3 is 2.81 bits per heavy atom. The van der Waals surface area contributed by atoms with E-state index >= 15 is 0 Å². The molecule has 1 fully saturated rings.